The molecule has 0 fully saturated rings. The van der Waals surface area contributed by atoms with E-state index in [2.05, 4.69) is 101 Å². The Morgan fingerprint density at radius 3 is 0.957 bits per heavy atom. The van der Waals surface area contributed by atoms with Crippen LogP contribution in [-0.2, 0) is 79.8 Å². The number of hydrogen-bond acceptors (Lipinski definition) is 14. The molecule has 0 saturated carbocycles. The third kappa shape index (κ3) is 26.7. The SMILES string of the molecule is Cc1ccc(S(=O)(=O)n2cccc2)cc1.Cc1ccc(S(=O)(=O)n2cccc2C(=O)c2cc(OCc3ccc(Br)cc3)cc(OCc3ccc(Br)cc3)c2)cc1.O=C(O)c1cc(OCc2ccc(Br)cc2)cc(OCc2ccc(Br)cc2)c1.OC(=C1C=CC=N1)c1cc(OCc2ccc(Br)cc2)cc(OCc2ccc(Br)cc2)c1.[CH3-].[Ir]. The van der Waals surface area contributed by atoms with Crippen molar-refractivity contribution in [2.75, 3.05) is 0 Å². The van der Waals surface area contributed by atoms with Crippen LogP contribution in [0.25, 0.3) is 5.76 Å². The summed E-state index contributed by atoms with van der Waals surface area (Å²) in [7, 11) is -7.39. The molecule has 1 aliphatic heterocycles. The maximum absolute atomic E-state index is 13.8. The average molecular weight is 2160 g/mol. The number of nitrogens with zero attached hydrogens (tertiary/aromatic N) is 3. The minimum Gasteiger partial charge on any atom is -0.505 e. The molecular formula is C90H74Br6IrN3O14S2-. The number of aromatic carboxylic acids is 1. The number of carboxylic acid groups (broad SMARTS) is 1. The summed E-state index contributed by atoms with van der Waals surface area (Å²) in [6.07, 6.45) is 9.60. The standard InChI is InChI=1S/C32H25Br2NO5S.C25H19Br2NO3.C21H16Br2O4.C11H11NO2S.CH3.Ir/c1-22-4-14-30(15-5-22)41(37,38)35-16-2-3-31(35)32(36)25-17-28(39-20-23-6-10-26(33)11-7-23)19-29(18-25)40-21-24-8-12-27(34)13-9-24;26-20-7-3-17(4-8-20)15-30-22-12-19(25(29)24-2-1-11-28-24)13-23(14-22)31-16-18-5-9-21(27)10-6-18;22-17-5-1-14(2-6-17)12-26-19-9-16(21(24)25)10-20(11-19)27-13-15-3-7-18(23)8-4-15;1-10-4-6-11(7-5-10)15(13,14)12-8-2-3-9-12;;/h2-19H,20-21H2,1H3;1-14,29H,15-16H2;1-11H,12-13H2,(H,24,25);2-9H,1H3;1H3;/q;;;;-1;. The fraction of sp³-hybridized carbons (Fsp3) is 0.0889. The summed E-state index contributed by atoms with van der Waals surface area (Å²) in [4.78, 5) is 29.8. The number of benzene rings is 11. The normalized spacial score (nSPS) is 11.7. The van der Waals surface area contributed by atoms with Crippen molar-refractivity contribution in [1.82, 2.24) is 7.94 Å². The topological polar surface area (TPSA) is 220 Å². The van der Waals surface area contributed by atoms with Gasteiger partial charge in [0.15, 0.2) is 0 Å². The van der Waals surface area contributed by atoms with Crippen LogP contribution in [0, 0.1) is 21.3 Å². The fourth-order valence-electron chi connectivity index (χ4n) is 10.7. The van der Waals surface area contributed by atoms with Gasteiger partial charge in [-0.15, -0.1) is 0 Å². The summed E-state index contributed by atoms with van der Waals surface area (Å²) in [5.41, 5.74) is 9.36. The number of aliphatic hydroxyl groups excluding tert-OH is 1. The van der Waals surface area contributed by atoms with E-state index in [1.165, 1.54) is 59.0 Å². The van der Waals surface area contributed by atoms with Crippen LogP contribution in [0.15, 0.2) is 351 Å². The number of carbonyl (C=O) groups is 2. The molecule has 0 unspecified atom stereocenters. The summed E-state index contributed by atoms with van der Waals surface area (Å²) in [5.74, 6) is 1.51. The van der Waals surface area contributed by atoms with Crippen LogP contribution in [0.4, 0.5) is 0 Å². The summed E-state index contributed by atoms with van der Waals surface area (Å²) >= 11 is 20.5. The minimum absolute atomic E-state index is 0. The number of carbonyl (C=O) groups excluding carboxylic acids is 1. The van der Waals surface area contributed by atoms with Crippen molar-refractivity contribution in [3.8, 4) is 34.5 Å². The predicted molar refractivity (Wildman–Crippen MR) is 471 cm³/mol. The van der Waals surface area contributed by atoms with Gasteiger partial charge < -0.3 is 46.1 Å². The van der Waals surface area contributed by atoms with Crippen molar-refractivity contribution in [2.45, 2.75) is 63.3 Å². The van der Waals surface area contributed by atoms with Gasteiger partial charge in [0.05, 0.1) is 15.4 Å². The average Bonchev–Trinajstić information content (AvgIpc) is 1.05. The maximum Gasteiger partial charge on any atom is 0.335 e. The molecule has 11 aromatic carbocycles. The van der Waals surface area contributed by atoms with Crippen molar-refractivity contribution in [1.29, 1.82) is 0 Å². The number of aromatic nitrogens is 2. The second-order valence-corrected chi connectivity index (χ2v) is 34.6. The number of carboxylic acids is 1. The van der Waals surface area contributed by atoms with Crippen LogP contribution < -0.4 is 28.4 Å². The van der Waals surface area contributed by atoms with Gasteiger partial charge in [-0.2, -0.15) is 0 Å². The van der Waals surface area contributed by atoms with E-state index in [0.717, 1.165) is 75.3 Å². The molecule has 26 heteroatoms. The summed E-state index contributed by atoms with van der Waals surface area (Å²) < 4.78 is 94.6. The van der Waals surface area contributed by atoms with E-state index >= 15 is 0 Å². The van der Waals surface area contributed by atoms with E-state index in [-0.39, 0.29) is 68.2 Å². The van der Waals surface area contributed by atoms with Crippen molar-refractivity contribution >= 4 is 139 Å². The molecule has 0 aliphatic carbocycles. The first-order chi connectivity index (χ1) is 54.8. The fourth-order valence-corrected chi connectivity index (χ4v) is 14.8. The zero-order chi connectivity index (χ0) is 80.7. The minimum atomic E-state index is -3.99. The zero-order valence-electron chi connectivity index (χ0n) is 62.2. The number of aliphatic imine (C=N–C) groups is 1. The number of aliphatic hydroxyl groups is 1. The molecular weight excluding hydrogens is 2080 g/mol. The first-order valence-electron chi connectivity index (χ1n) is 34.9. The number of allylic oxidation sites excluding steroid dienone is 2. The number of aryl methyl sites for hydroxylation is 2. The van der Waals surface area contributed by atoms with Crippen molar-refractivity contribution in [3.63, 3.8) is 0 Å². The Morgan fingerprint density at radius 2 is 0.664 bits per heavy atom. The van der Waals surface area contributed by atoms with Gasteiger partial charge in [0, 0.05) is 101 Å². The quantitative estimate of drug-likeness (QED) is 0.0293. The van der Waals surface area contributed by atoms with Gasteiger partial charge in [-0.25, -0.2) is 29.6 Å². The number of rotatable bonds is 26. The first-order valence-corrected chi connectivity index (χ1v) is 42.6. The number of ether oxygens (including phenoxy) is 6. The van der Waals surface area contributed by atoms with Crippen LogP contribution in [0.3, 0.4) is 0 Å². The molecule has 2 N–H and O–H groups in total. The Morgan fingerprint density at radius 1 is 0.371 bits per heavy atom. The molecule has 13 aromatic rings. The van der Waals surface area contributed by atoms with Crippen LogP contribution in [0.5, 0.6) is 34.5 Å². The van der Waals surface area contributed by atoms with Crippen LogP contribution in [-0.4, -0.2) is 53.0 Å². The third-order valence-electron chi connectivity index (χ3n) is 16.8. The molecule has 0 spiro atoms. The summed E-state index contributed by atoms with van der Waals surface area (Å²) in [5, 5.41) is 20.0. The summed E-state index contributed by atoms with van der Waals surface area (Å²) in [6, 6.07) is 81.5. The molecule has 116 heavy (non-hydrogen) atoms. The van der Waals surface area contributed by atoms with Crippen LogP contribution >= 0.6 is 95.6 Å². The van der Waals surface area contributed by atoms with Gasteiger partial charge in [0.1, 0.15) is 91.3 Å². The van der Waals surface area contributed by atoms with E-state index in [0.29, 0.717) is 77.1 Å². The Balaban J connectivity index is 0.000000184. The van der Waals surface area contributed by atoms with E-state index < -0.39 is 31.8 Å². The maximum atomic E-state index is 13.8. The van der Waals surface area contributed by atoms with Crippen LogP contribution in [0.2, 0.25) is 0 Å². The van der Waals surface area contributed by atoms with E-state index in [1.54, 1.807) is 103 Å². The number of halogens is 6. The Hall–Kier alpha value is -9.70. The summed E-state index contributed by atoms with van der Waals surface area (Å²) in [6.45, 7) is 5.82. The smallest absolute Gasteiger partial charge is 0.335 e. The van der Waals surface area contributed by atoms with Crippen molar-refractivity contribution in [3.05, 3.63) is 411 Å². The van der Waals surface area contributed by atoms with Gasteiger partial charge in [-0.05, 0) is 217 Å². The van der Waals surface area contributed by atoms with Crippen LogP contribution in [0.1, 0.15) is 76.5 Å². The van der Waals surface area contributed by atoms with E-state index in [1.807, 2.05) is 166 Å². The molecule has 0 bridgehead atoms. The molecule has 0 amide bonds. The van der Waals surface area contributed by atoms with E-state index in [4.69, 9.17) is 28.4 Å². The molecule has 1 aliphatic rings. The van der Waals surface area contributed by atoms with Gasteiger partial charge in [0.25, 0.3) is 20.0 Å². The monoisotopic (exact) mass is 2150 g/mol. The van der Waals surface area contributed by atoms with Gasteiger partial charge in [-0.3, -0.25) is 9.79 Å². The Bertz CT molecular complexity index is 5570. The zero-order valence-corrected chi connectivity index (χ0v) is 75.8. The molecule has 17 nitrogen and oxygen atoms in total. The molecule has 0 atom stereocenters. The van der Waals surface area contributed by atoms with Gasteiger partial charge >= 0.3 is 5.97 Å². The van der Waals surface area contributed by atoms with Gasteiger partial charge in [0.2, 0.25) is 5.78 Å². The molecule has 597 valence electrons. The van der Waals surface area contributed by atoms with Crippen molar-refractivity contribution < 1.29 is 85.2 Å². The second kappa shape index (κ2) is 43.5. The number of ketones is 1. The Kier molecular flexibility index (Phi) is 33.8. The third-order valence-corrected chi connectivity index (χ3v) is 23.4. The second-order valence-electron chi connectivity index (χ2n) is 25.4. The molecule has 14 rings (SSSR count). The number of hydrogen-bond donors (Lipinski definition) is 2. The predicted octanol–water partition coefficient (Wildman–Crippen LogP) is 23.7. The molecule has 1 radical (unpaired) electrons. The Labute approximate surface area is 738 Å². The molecule has 3 heterocycles. The molecule has 2 aromatic heterocycles. The largest absolute Gasteiger partial charge is 0.505 e. The van der Waals surface area contributed by atoms with Gasteiger partial charge in [-0.1, -0.05) is 204 Å². The molecule has 0 saturated heterocycles. The van der Waals surface area contributed by atoms with Crippen molar-refractivity contribution in [2.24, 2.45) is 4.99 Å². The van der Waals surface area contributed by atoms with E-state index in [9.17, 15) is 36.6 Å². The first kappa shape index (κ1) is 90.2.